The largest absolute Gasteiger partial charge is 0.354 e. The zero-order valence-corrected chi connectivity index (χ0v) is 12.5. The molecule has 1 rings (SSSR count). The van der Waals surface area contributed by atoms with Crippen LogP contribution in [-0.2, 0) is 6.54 Å². The smallest absolute Gasteiger partial charge is 0.191 e. The summed E-state index contributed by atoms with van der Waals surface area (Å²) in [5.41, 5.74) is 0.384. The average molecular weight is 352 g/mol. The highest BCUT2D eigenvalue weighted by Crippen LogP contribution is 2.01. The molecule has 0 aliphatic heterocycles. The molecule has 0 unspecified atom stereocenters. The summed E-state index contributed by atoms with van der Waals surface area (Å²) in [5.74, 6) is 0.329. The zero-order chi connectivity index (χ0) is 12.0. The maximum absolute atomic E-state index is 13.2. The van der Waals surface area contributed by atoms with E-state index in [1.54, 1.807) is 19.3 Å². The molecule has 0 fully saturated rings. The second-order valence-electron chi connectivity index (χ2n) is 3.66. The molecule has 0 aromatic carbocycles. The molecule has 0 amide bonds. The van der Waals surface area contributed by atoms with Crippen LogP contribution in [0.5, 0.6) is 0 Å². The number of aromatic nitrogens is 1. The van der Waals surface area contributed by atoms with Crippen LogP contribution in [-0.4, -0.2) is 24.0 Å². The van der Waals surface area contributed by atoms with Crippen LogP contribution in [0, 0.1) is 5.82 Å². The fraction of sp³-hybridized carbons (Fsp3) is 0.455. The molecular formula is C11H18FIN4. The van der Waals surface area contributed by atoms with E-state index in [9.17, 15) is 4.39 Å². The van der Waals surface area contributed by atoms with Crippen molar-refractivity contribution < 1.29 is 4.39 Å². The fourth-order valence-corrected chi connectivity index (χ4v) is 1.18. The van der Waals surface area contributed by atoms with Gasteiger partial charge in [0.25, 0.3) is 0 Å². The lowest BCUT2D eigenvalue weighted by molar-refractivity contribution is 0.591. The second-order valence-corrected chi connectivity index (χ2v) is 3.66. The molecule has 0 saturated heterocycles. The van der Waals surface area contributed by atoms with Crippen LogP contribution in [0.2, 0.25) is 0 Å². The standard InChI is InChI=1S/C11H17FN4.HI/c1-8(2)16-11(13-3)15-7-10-9(12)5-4-6-14-10;/h4-6,8H,7H2,1-3H3,(H2,13,15,16);1H. The third-order valence-corrected chi connectivity index (χ3v) is 1.91. The summed E-state index contributed by atoms with van der Waals surface area (Å²) in [5, 5.41) is 6.10. The van der Waals surface area contributed by atoms with Crippen LogP contribution in [0.1, 0.15) is 19.5 Å². The number of hydrogen-bond donors (Lipinski definition) is 2. The molecule has 0 bridgehead atoms. The highest BCUT2D eigenvalue weighted by molar-refractivity contribution is 14.0. The predicted molar refractivity (Wildman–Crippen MR) is 78.1 cm³/mol. The minimum absolute atomic E-state index is 0. The van der Waals surface area contributed by atoms with E-state index in [2.05, 4.69) is 20.6 Å². The van der Waals surface area contributed by atoms with Gasteiger partial charge < -0.3 is 10.6 Å². The highest BCUT2D eigenvalue weighted by atomic mass is 127. The van der Waals surface area contributed by atoms with E-state index in [1.165, 1.54) is 6.07 Å². The van der Waals surface area contributed by atoms with Crippen molar-refractivity contribution in [3.8, 4) is 0 Å². The average Bonchev–Trinajstić information content (AvgIpc) is 2.25. The molecule has 0 spiro atoms. The zero-order valence-electron chi connectivity index (χ0n) is 10.2. The van der Waals surface area contributed by atoms with Crippen molar-refractivity contribution in [1.82, 2.24) is 15.6 Å². The van der Waals surface area contributed by atoms with Gasteiger partial charge in [-0.05, 0) is 26.0 Å². The maximum Gasteiger partial charge on any atom is 0.191 e. The van der Waals surface area contributed by atoms with Crippen molar-refractivity contribution in [2.75, 3.05) is 7.05 Å². The van der Waals surface area contributed by atoms with Crippen LogP contribution in [0.4, 0.5) is 4.39 Å². The monoisotopic (exact) mass is 352 g/mol. The molecule has 96 valence electrons. The summed E-state index contributed by atoms with van der Waals surface area (Å²) in [6.07, 6.45) is 1.57. The first-order valence-corrected chi connectivity index (χ1v) is 5.20. The highest BCUT2D eigenvalue weighted by Gasteiger charge is 2.04. The number of nitrogens with one attached hydrogen (secondary N) is 2. The van der Waals surface area contributed by atoms with E-state index in [4.69, 9.17) is 0 Å². The van der Waals surface area contributed by atoms with Crippen molar-refractivity contribution in [3.05, 3.63) is 29.8 Å². The van der Waals surface area contributed by atoms with Gasteiger partial charge in [-0.25, -0.2) is 4.39 Å². The molecule has 0 aliphatic rings. The molecule has 0 atom stereocenters. The molecule has 0 saturated carbocycles. The van der Waals surface area contributed by atoms with E-state index >= 15 is 0 Å². The molecule has 6 heteroatoms. The molecule has 2 N–H and O–H groups in total. The Morgan fingerprint density at radius 1 is 1.53 bits per heavy atom. The topological polar surface area (TPSA) is 49.3 Å². The van der Waals surface area contributed by atoms with Gasteiger partial charge in [0.2, 0.25) is 0 Å². The Morgan fingerprint density at radius 2 is 2.24 bits per heavy atom. The summed E-state index contributed by atoms with van der Waals surface area (Å²) < 4.78 is 13.2. The summed E-state index contributed by atoms with van der Waals surface area (Å²) in [7, 11) is 1.67. The van der Waals surface area contributed by atoms with Gasteiger partial charge in [0, 0.05) is 19.3 Å². The van der Waals surface area contributed by atoms with Crippen molar-refractivity contribution in [2.24, 2.45) is 4.99 Å². The van der Waals surface area contributed by atoms with Crippen LogP contribution >= 0.6 is 24.0 Å². The van der Waals surface area contributed by atoms with Gasteiger partial charge in [-0.15, -0.1) is 24.0 Å². The molecule has 4 nitrogen and oxygen atoms in total. The lowest BCUT2D eigenvalue weighted by Crippen LogP contribution is -2.40. The Kier molecular flexibility index (Phi) is 7.77. The fourth-order valence-electron chi connectivity index (χ4n) is 1.18. The first-order valence-electron chi connectivity index (χ1n) is 5.20. The lowest BCUT2D eigenvalue weighted by Gasteiger charge is -2.14. The third kappa shape index (κ3) is 5.81. The van der Waals surface area contributed by atoms with Crippen molar-refractivity contribution in [3.63, 3.8) is 0 Å². The van der Waals surface area contributed by atoms with Gasteiger partial charge in [-0.3, -0.25) is 9.98 Å². The molecule has 1 heterocycles. The number of hydrogen-bond acceptors (Lipinski definition) is 2. The number of guanidine groups is 1. The molecule has 0 radical (unpaired) electrons. The molecule has 17 heavy (non-hydrogen) atoms. The second kappa shape index (κ2) is 8.21. The van der Waals surface area contributed by atoms with Crippen molar-refractivity contribution in [1.29, 1.82) is 0 Å². The maximum atomic E-state index is 13.2. The summed E-state index contributed by atoms with van der Waals surface area (Å²) in [6.45, 7) is 4.33. The van der Waals surface area contributed by atoms with Crippen molar-refractivity contribution >= 4 is 29.9 Å². The Bertz CT molecular complexity index is 368. The van der Waals surface area contributed by atoms with E-state index in [0.29, 0.717) is 18.2 Å². The first kappa shape index (κ1) is 16.1. The van der Waals surface area contributed by atoms with Crippen molar-refractivity contribution in [2.45, 2.75) is 26.4 Å². The number of rotatable bonds is 3. The van der Waals surface area contributed by atoms with Crippen LogP contribution in [0.25, 0.3) is 0 Å². The summed E-state index contributed by atoms with van der Waals surface area (Å²) >= 11 is 0. The predicted octanol–water partition coefficient (Wildman–Crippen LogP) is 1.91. The molecule has 1 aromatic rings. The van der Waals surface area contributed by atoms with Gasteiger partial charge in [-0.1, -0.05) is 0 Å². The van der Waals surface area contributed by atoms with Gasteiger partial charge in [0.1, 0.15) is 5.82 Å². The van der Waals surface area contributed by atoms with Crippen LogP contribution in [0.3, 0.4) is 0 Å². The lowest BCUT2D eigenvalue weighted by atomic mass is 10.3. The molecule has 1 aromatic heterocycles. The minimum Gasteiger partial charge on any atom is -0.354 e. The van der Waals surface area contributed by atoms with E-state index in [-0.39, 0.29) is 35.8 Å². The normalized spacial score (nSPS) is 11.0. The Hall–Kier alpha value is -0.920. The SMILES string of the molecule is CN=C(NCc1ncccc1F)NC(C)C.I. The quantitative estimate of drug-likeness (QED) is 0.497. The van der Waals surface area contributed by atoms with Gasteiger partial charge in [0.15, 0.2) is 5.96 Å². The van der Waals surface area contributed by atoms with Crippen LogP contribution < -0.4 is 10.6 Å². The minimum atomic E-state index is -0.310. The Labute approximate surface area is 118 Å². The first-order chi connectivity index (χ1) is 7.63. The third-order valence-electron chi connectivity index (χ3n) is 1.91. The molecular weight excluding hydrogens is 334 g/mol. The van der Waals surface area contributed by atoms with Gasteiger partial charge in [0.05, 0.1) is 12.2 Å². The van der Waals surface area contributed by atoms with Gasteiger partial charge in [-0.2, -0.15) is 0 Å². The Balaban J connectivity index is 0.00000256. The van der Waals surface area contributed by atoms with E-state index in [1.807, 2.05) is 13.8 Å². The number of pyridine rings is 1. The van der Waals surface area contributed by atoms with Crippen LogP contribution in [0.15, 0.2) is 23.3 Å². The number of nitrogens with zero attached hydrogens (tertiary/aromatic N) is 2. The number of aliphatic imine (C=N–C) groups is 1. The number of halogens is 2. The summed E-state index contributed by atoms with van der Waals surface area (Å²) in [4.78, 5) is 7.96. The van der Waals surface area contributed by atoms with E-state index < -0.39 is 0 Å². The Morgan fingerprint density at radius 3 is 2.76 bits per heavy atom. The van der Waals surface area contributed by atoms with Gasteiger partial charge >= 0.3 is 0 Å². The van der Waals surface area contributed by atoms with E-state index in [0.717, 1.165) is 0 Å². The molecule has 0 aliphatic carbocycles. The summed E-state index contributed by atoms with van der Waals surface area (Å²) in [6, 6.07) is 3.24.